The number of fused-ring (bicyclic) bond motifs is 2. The molecule has 2 aromatic rings. The first kappa shape index (κ1) is 22.7. The zero-order valence-corrected chi connectivity index (χ0v) is 19.9. The highest BCUT2D eigenvalue weighted by Gasteiger charge is 2.55. The third kappa shape index (κ3) is 3.49. The third-order valence-electron chi connectivity index (χ3n) is 8.14. The molecule has 4 rings (SSSR count). The number of aliphatic hydroxyl groups excluding tert-OH is 1. The largest absolute Gasteiger partial charge is 0.493 e. The number of hydrogen-bond donors (Lipinski definition) is 1. The van der Waals surface area contributed by atoms with E-state index in [0.717, 1.165) is 19.3 Å². The van der Waals surface area contributed by atoms with Crippen LogP contribution in [0, 0.1) is 22.7 Å². The summed E-state index contributed by atoms with van der Waals surface area (Å²) in [4.78, 5) is 11.8. The van der Waals surface area contributed by atoms with Gasteiger partial charge in [0.1, 0.15) is 0 Å². The summed E-state index contributed by atoms with van der Waals surface area (Å²) < 4.78 is 23.0. The monoisotopic (exact) mass is 442 g/mol. The van der Waals surface area contributed by atoms with Gasteiger partial charge >= 0.3 is 5.63 Å². The van der Waals surface area contributed by atoms with Crippen LogP contribution in [0.3, 0.4) is 0 Å². The van der Waals surface area contributed by atoms with Crippen LogP contribution >= 0.6 is 0 Å². The maximum absolute atomic E-state index is 11.8. The molecule has 1 heterocycles. The van der Waals surface area contributed by atoms with Gasteiger partial charge in [0.05, 0.1) is 26.9 Å². The fourth-order valence-corrected chi connectivity index (χ4v) is 6.13. The van der Waals surface area contributed by atoms with Crippen molar-refractivity contribution in [2.45, 2.75) is 53.1 Å². The molecule has 1 saturated carbocycles. The molecule has 1 fully saturated rings. The lowest BCUT2D eigenvalue weighted by atomic mass is 9.48. The van der Waals surface area contributed by atoms with Crippen LogP contribution in [0.4, 0.5) is 0 Å². The topological polar surface area (TPSA) is 78.1 Å². The number of methoxy groups -OCH3 is 2. The minimum Gasteiger partial charge on any atom is -0.493 e. The van der Waals surface area contributed by atoms with E-state index in [9.17, 15) is 9.90 Å². The molecular formula is C26H34O6. The van der Waals surface area contributed by atoms with Crippen molar-refractivity contribution in [1.82, 2.24) is 0 Å². The number of ether oxygens (including phenoxy) is 3. The van der Waals surface area contributed by atoms with Gasteiger partial charge in [0.15, 0.2) is 11.3 Å². The van der Waals surface area contributed by atoms with Gasteiger partial charge < -0.3 is 23.7 Å². The zero-order chi connectivity index (χ0) is 23.3. The highest BCUT2D eigenvalue weighted by atomic mass is 16.5. The maximum Gasteiger partial charge on any atom is 0.336 e. The fraction of sp³-hybridized carbons (Fsp3) is 0.577. The third-order valence-corrected chi connectivity index (χ3v) is 8.14. The molecule has 0 aliphatic heterocycles. The predicted octanol–water partition coefficient (Wildman–Crippen LogP) is 4.96. The number of benzene rings is 1. The lowest BCUT2D eigenvalue weighted by molar-refractivity contribution is -0.119. The standard InChI is InChI=1S/C26H34O6/c1-15-7-9-19-25(2,3)20(27)11-12-26(19,4)17(15)14-31-23-18(29-5)13-16-8-10-21(28)32-22(16)24(23)30-6/h7-8,10,13,17,19-20,27H,9,11-12,14H2,1-6H3/t17-,19-,20-,26-/m0/s1. The fourth-order valence-electron chi connectivity index (χ4n) is 6.13. The molecule has 0 spiro atoms. The maximum atomic E-state index is 11.8. The molecule has 4 atom stereocenters. The molecule has 6 nitrogen and oxygen atoms in total. The van der Waals surface area contributed by atoms with E-state index in [0.29, 0.717) is 40.7 Å². The molecule has 32 heavy (non-hydrogen) atoms. The van der Waals surface area contributed by atoms with Crippen LogP contribution in [0.5, 0.6) is 17.2 Å². The van der Waals surface area contributed by atoms with Gasteiger partial charge in [0.25, 0.3) is 0 Å². The van der Waals surface area contributed by atoms with E-state index in [1.807, 2.05) is 0 Å². The number of rotatable bonds is 5. The summed E-state index contributed by atoms with van der Waals surface area (Å²) in [5, 5.41) is 11.4. The first-order valence-electron chi connectivity index (χ1n) is 11.3. The van der Waals surface area contributed by atoms with E-state index < -0.39 is 5.63 Å². The Kier molecular flexibility index (Phi) is 5.78. The first-order chi connectivity index (χ1) is 15.1. The molecule has 0 radical (unpaired) electrons. The molecule has 0 unspecified atom stereocenters. The predicted molar refractivity (Wildman–Crippen MR) is 124 cm³/mol. The van der Waals surface area contributed by atoms with Crippen LogP contribution in [-0.4, -0.2) is 32.0 Å². The lowest BCUT2D eigenvalue weighted by Gasteiger charge is -2.58. The summed E-state index contributed by atoms with van der Waals surface area (Å²) in [6, 6.07) is 4.85. The van der Waals surface area contributed by atoms with E-state index in [-0.39, 0.29) is 22.9 Å². The molecular weight excluding hydrogens is 408 g/mol. The molecule has 6 heteroatoms. The second-order valence-electron chi connectivity index (χ2n) is 10.1. The highest BCUT2D eigenvalue weighted by molar-refractivity contribution is 5.88. The number of hydrogen-bond acceptors (Lipinski definition) is 6. The second-order valence-corrected chi connectivity index (χ2v) is 10.1. The van der Waals surface area contributed by atoms with Crippen molar-refractivity contribution in [2.24, 2.45) is 22.7 Å². The minimum atomic E-state index is -0.448. The molecule has 2 aliphatic rings. The Morgan fingerprint density at radius 3 is 2.59 bits per heavy atom. The Balaban J connectivity index is 1.72. The molecule has 174 valence electrons. The molecule has 1 aromatic heterocycles. The summed E-state index contributed by atoms with van der Waals surface area (Å²) >= 11 is 0. The summed E-state index contributed by atoms with van der Waals surface area (Å²) in [5.74, 6) is 1.86. The molecule has 1 N–H and O–H groups in total. The molecule has 0 saturated heterocycles. The van der Waals surface area contributed by atoms with Crippen LogP contribution in [0.1, 0.15) is 47.0 Å². The van der Waals surface area contributed by atoms with Crippen molar-refractivity contribution >= 4 is 11.0 Å². The number of aliphatic hydroxyl groups is 1. The number of allylic oxidation sites excluding steroid dienone is 1. The summed E-state index contributed by atoms with van der Waals surface area (Å²) in [6.45, 7) is 9.31. The quantitative estimate of drug-likeness (QED) is 0.521. The molecule has 0 bridgehead atoms. The Morgan fingerprint density at radius 1 is 1.16 bits per heavy atom. The van der Waals surface area contributed by atoms with Gasteiger partial charge in [-0.1, -0.05) is 32.4 Å². The average Bonchev–Trinajstić information content (AvgIpc) is 2.75. The van der Waals surface area contributed by atoms with Crippen LogP contribution in [0.2, 0.25) is 0 Å². The van der Waals surface area contributed by atoms with E-state index in [1.165, 1.54) is 18.7 Å². The molecule has 0 amide bonds. The van der Waals surface area contributed by atoms with E-state index in [2.05, 4.69) is 33.8 Å². The van der Waals surface area contributed by atoms with Gasteiger partial charge in [0.2, 0.25) is 11.5 Å². The van der Waals surface area contributed by atoms with Gasteiger partial charge in [-0.15, -0.1) is 0 Å². The molecule has 2 aliphatic carbocycles. The summed E-state index contributed by atoms with van der Waals surface area (Å²) in [6.07, 6.45) is 4.71. The van der Waals surface area contributed by atoms with Crippen LogP contribution in [0.15, 0.2) is 39.1 Å². The SMILES string of the molecule is COc1cc2ccc(=O)oc2c(OC)c1OC[C@H]1C(C)=CC[C@H]2C(C)(C)[C@@H](O)CC[C@@]12C. The summed E-state index contributed by atoms with van der Waals surface area (Å²) in [5.41, 5.74) is 1.05. The van der Waals surface area contributed by atoms with Crippen LogP contribution in [-0.2, 0) is 0 Å². The Bertz CT molecular complexity index is 1100. The smallest absolute Gasteiger partial charge is 0.336 e. The van der Waals surface area contributed by atoms with E-state index in [1.54, 1.807) is 19.2 Å². The average molecular weight is 443 g/mol. The lowest BCUT2D eigenvalue weighted by Crippen LogP contribution is -2.55. The van der Waals surface area contributed by atoms with Crippen molar-refractivity contribution in [3.05, 3.63) is 40.3 Å². The van der Waals surface area contributed by atoms with Crippen molar-refractivity contribution in [3.8, 4) is 17.2 Å². The van der Waals surface area contributed by atoms with E-state index in [4.69, 9.17) is 18.6 Å². The zero-order valence-electron chi connectivity index (χ0n) is 19.9. The van der Waals surface area contributed by atoms with Crippen molar-refractivity contribution in [3.63, 3.8) is 0 Å². The molecule has 1 aromatic carbocycles. The van der Waals surface area contributed by atoms with Gasteiger partial charge in [-0.3, -0.25) is 0 Å². The van der Waals surface area contributed by atoms with Gasteiger partial charge in [-0.05, 0) is 55.1 Å². The van der Waals surface area contributed by atoms with Crippen molar-refractivity contribution in [1.29, 1.82) is 0 Å². The first-order valence-corrected chi connectivity index (χ1v) is 11.3. The Morgan fingerprint density at radius 2 is 1.91 bits per heavy atom. The second kappa shape index (κ2) is 8.14. The van der Waals surface area contributed by atoms with Gasteiger partial charge in [-0.2, -0.15) is 0 Å². The van der Waals surface area contributed by atoms with Crippen molar-refractivity contribution < 1.29 is 23.7 Å². The highest BCUT2D eigenvalue weighted by Crippen LogP contribution is 2.59. The Hall–Kier alpha value is -2.47. The minimum absolute atomic E-state index is 0.00540. The van der Waals surface area contributed by atoms with Crippen molar-refractivity contribution in [2.75, 3.05) is 20.8 Å². The van der Waals surface area contributed by atoms with Crippen LogP contribution in [0.25, 0.3) is 11.0 Å². The van der Waals surface area contributed by atoms with Crippen LogP contribution < -0.4 is 19.8 Å². The Labute approximate surface area is 189 Å². The van der Waals surface area contributed by atoms with Gasteiger partial charge in [-0.25, -0.2) is 4.79 Å². The normalized spacial score (nSPS) is 29.2. The summed E-state index contributed by atoms with van der Waals surface area (Å²) in [7, 11) is 3.11. The van der Waals surface area contributed by atoms with E-state index >= 15 is 0 Å². The van der Waals surface area contributed by atoms with Gasteiger partial charge in [0, 0.05) is 17.4 Å².